The van der Waals surface area contributed by atoms with E-state index in [2.05, 4.69) is 25.2 Å². The van der Waals surface area contributed by atoms with E-state index in [0.717, 1.165) is 6.26 Å². The van der Waals surface area contributed by atoms with Crippen LogP contribution in [-0.2, 0) is 10.0 Å². The number of aromatic nitrogens is 3. The van der Waals surface area contributed by atoms with Crippen LogP contribution in [0.4, 0.5) is 11.9 Å². The number of hydrogen-bond acceptors (Lipinski definition) is 6. The lowest BCUT2D eigenvalue weighted by atomic mass is 10.1. The van der Waals surface area contributed by atoms with Crippen LogP contribution in [0.15, 0.2) is 0 Å². The molecule has 1 rings (SSSR count). The molecular weight excluding hydrogens is 232 g/mol. The van der Waals surface area contributed by atoms with E-state index in [1.807, 2.05) is 0 Å². The Bertz CT molecular complexity index is 451. The van der Waals surface area contributed by atoms with Crippen LogP contribution in [0.5, 0.6) is 0 Å². The van der Waals surface area contributed by atoms with Crippen molar-refractivity contribution >= 4 is 21.9 Å². The molecule has 0 aromatic carbocycles. The Morgan fingerprint density at radius 3 is 2.56 bits per heavy atom. The van der Waals surface area contributed by atoms with Gasteiger partial charge in [0.2, 0.25) is 21.9 Å². The summed E-state index contributed by atoms with van der Waals surface area (Å²) in [6.45, 7) is 3.84. The van der Waals surface area contributed by atoms with Gasteiger partial charge in [-0.25, -0.2) is 18.2 Å². The summed E-state index contributed by atoms with van der Waals surface area (Å²) in [5.41, 5.74) is 4.70. The minimum absolute atomic E-state index is 0.205. The van der Waals surface area contributed by atoms with Gasteiger partial charge >= 0.3 is 0 Å². The van der Waals surface area contributed by atoms with Crippen LogP contribution < -0.4 is 15.8 Å². The molecule has 0 saturated carbocycles. The van der Waals surface area contributed by atoms with Gasteiger partial charge in [-0.1, -0.05) is 0 Å². The third-order valence-electron chi connectivity index (χ3n) is 1.65. The van der Waals surface area contributed by atoms with Crippen molar-refractivity contribution < 1.29 is 8.42 Å². The lowest BCUT2D eigenvalue weighted by Crippen LogP contribution is -2.47. The van der Waals surface area contributed by atoms with E-state index in [1.54, 1.807) is 13.8 Å². The number of nitrogen functional groups attached to an aromatic ring is 1. The first-order valence-corrected chi connectivity index (χ1v) is 6.48. The summed E-state index contributed by atoms with van der Waals surface area (Å²) >= 11 is 0. The van der Waals surface area contributed by atoms with Crippen LogP contribution in [0.25, 0.3) is 0 Å². The van der Waals surface area contributed by atoms with Crippen LogP contribution in [0, 0.1) is 0 Å². The van der Waals surface area contributed by atoms with Gasteiger partial charge in [0.1, 0.15) is 0 Å². The normalized spacial score (nSPS) is 12.7. The van der Waals surface area contributed by atoms with E-state index >= 15 is 0 Å². The van der Waals surface area contributed by atoms with E-state index in [1.165, 1.54) is 0 Å². The zero-order chi connectivity index (χ0) is 12.4. The quantitative estimate of drug-likeness (QED) is 0.536. The van der Waals surface area contributed by atoms with Crippen LogP contribution >= 0.6 is 0 Å². The summed E-state index contributed by atoms with van der Waals surface area (Å²) in [6, 6.07) is 0. The topological polar surface area (TPSA) is 126 Å². The molecule has 0 spiro atoms. The molecule has 0 atom stereocenters. The van der Waals surface area contributed by atoms with Crippen LogP contribution in [-0.4, -0.2) is 41.9 Å². The second kappa shape index (κ2) is 4.26. The van der Waals surface area contributed by atoms with E-state index < -0.39 is 15.6 Å². The summed E-state index contributed by atoms with van der Waals surface area (Å²) in [5, 5.41) is 9.10. The number of H-pyrrole nitrogens is 1. The number of rotatable bonds is 5. The number of nitrogens with zero attached hydrogens (tertiary/aromatic N) is 2. The fraction of sp³-hybridized carbons (Fsp3) is 0.714. The molecular formula is C7H16N6O2S. The summed E-state index contributed by atoms with van der Waals surface area (Å²) < 4.78 is 24.6. The van der Waals surface area contributed by atoms with E-state index in [9.17, 15) is 8.42 Å². The molecule has 92 valence electrons. The van der Waals surface area contributed by atoms with Gasteiger partial charge in [0.15, 0.2) is 0 Å². The highest BCUT2D eigenvalue weighted by atomic mass is 32.2. The number of nitrogens with two attached hydrogens (primary N) is 1. The van der Waals surface area contributed by atoms with Gasteiger partial charge in [-0.15, -0.1) is 5.10 Å². The standard InChI is InChI=1S/C7H16N6O2S/c1-7(2,13-16(3,14)15)4-9-6-10-5(8)11-12-6/h13H,4H2,1-3H3,(H4,8,9,10,11,12). The number of anilines is 2. The summed E-state index contributed by atoms with van der Waals surface area (Å²) in [6.07, 6.45) is 1.11. The molecule has 0 unspecified atom stereocenters. The van der Waals surface area contributed by atoms with E-state index in [4.69, 9.17) is 5.73 Å². The number of sulfonamides is 1. The fourth-order valence-electron chi connectivity index (χ4n) is 1.19. The molecule has 9 heteroatoms. The maximum atomic E-state index is 11.1. The molecule has 0 fully saturated rings. The molecule has 0 aliphatic rings. The summed E-state index contributed by atoms with van der Waals surface area (Å²) in [5.74, 6) is 0.539. The van der Waals surface area contributed by atoms with Crippen LogP contribution in [0.2, 0.25) is 0 Å². The number of nitrogens with one attached hydrogen (secondary N) is 3. The van der Waals surface area contributed by atoms with Crippen LogP contribution in [0.1, 0.15) is 13.8 Å². The minimum atomic E-state index is -3.24. The van der Waals surface area contributed by atoms with Crippen molar-refractivity contribution in [3.8, 4) is 0 Å². The van der Waals surface area contributed by atoms with Crippen molar-refractivity contribution in [2.75, 3.05) is 23.9 Å². The molecule has 16 heavy (non-hydrogen) atoms. The second-order valence-corrected chi connectivity index (χ2v) is 5.90. The molecule has 1 aromatic rings. The molecule has 8 nitrogen and oxygen atoms in total. The van der Waals surface area contributed by atoms with Gasteiger partial charge in [0, 0.05) is 12.1 Å². The summed E-state index contributed by atoms with van der Waals surface area (Å²) in [7, 11) is -3.24. The van der Waals surface area contributed by atoms with E-state index in [-0.39, 0.29) is 5.95 Å². The lowest BCUT2D eigenvalue weighted by molar-refractivity contribution is 0.475. The molecule has 0 bridgehead atoms. The minimum Gasteiger partial charge on any atom is -0.368 e. The molecule has 0 saturated heterocycles. The predicted molar refractivity (Wildman–Crippen MR) is 61.3 cm³/mol. The van der Waals surface area contributed by atoms with Crippen molar-refractivity contribution in [3.05, 3.63) is 0 Å². The second-order valence-electron chi connectivity index (χ2n) is 4.16. The number of hydrogen-bond donors (Lipinski definition) is 4. The Labute approximate surface area is 94.1 Å². The van der Waals surface area contributed by atoms with Crippen molar-refractivity contribution in [2.24, 2.45) is 0 Å². The lowest BCUT2D eigenvalue weighted by Gasteiger charge is -2.24. The van der Waals surface area contributed by atoms with Gasteiger partial charge in [-0.2, -0.15) is 4.98 Å². The number of aromatic amines is 1. The smallest absolute Gasteiger partial charge is 0.243 e. The predicted octanol–water partition coefficient (Wildman–Crippen LogP) is -0.873. The highest BCUT2D eigenvalue weighted by molar-refractivity contribution is 7.88. The largest absolute Gasteiger partial charge is 0.368 e. The Hall–Kier alpha value is -1.35. The molecule has 0 amide bonds. The van der Waals surface area contributed by atoms with Crippen molar-refractivity contribution in [2.45, 2.75) is 19.4 Å². The average Bonchev–Trinajstić information content (AvgIpc) is 2.44. The van der Waals surface area contributed by atoms with Crippen molar-refractivity contribution in [1.82, 2.24) is 19.9 Å². The maximum absolute atomic E-state index is 11.1. The van der Waals surface area contributed by atoms with Gasteiger partial charge < -0.3 is 11.1 Å². The third-order valence-corrected chi connectivity index (χ3v) is 2.58. The molecule has 0 radical (unpaired) electrons. The monoisotopic (exact) mass is 248 g/mol. The molecule has 0 aliphatic carbocycles. The van der Waals surface area contributed by atoms with Crippen molar-refractivity contribution in [3.63, 3.8) is 0 Å². The average molecular weight is 248 g/mol. The Morgan fingerprint density at radius 1 is 1.50 bits per heavy atom. The Morgan fingerprint density at radius 2 is 2.12 bits per heavy atom. The molecule has 1 heterocycles. The van der Waals surface area contributed by atoms with Gasteiger partial charge in [-0.3, -0.25) is 0 Å². The third kappa shape index (κ3) is 4.45. The first-order valence-electron chi connectivity index (χ1n) is 4.59. The SMILES string of the molecule is CC(C)(CNc1n[nH]c(N)n1)NS(C)(=O)=O. The fourth-order valence-corrected chi connectivity index (χ4v) is 2.27. The Kier molecular flexibility index (Phi) is 3.38. The van der Waals surface area contributed by atoms with Crippen LogP contribution in [0.3, 0.4) is 0 Å². The highest BCUT2D eigenvalue weighted by Gasteiger charge is 2.22. The first kappa shape index (κ1) is 12.7. The van der Waals surface area contributed by atoms with Gasteiger partial charge in [0.25, 0.3) is 0 Å². The zero-order valence-electron chi connectivity index (χ0n) is 9.40. The van der Waals surface area contributed by atoms with Crippen molar-refractivity contribution in [1.29, 1.82) is 0 Å². The highest BCUT2D eigenvalue weighted by Crippen LogP contribution is 2.06. The summed E-state index contributed by atoms with van der Waals surface area (Å²) in [4.78, 5) is 3.83. The first-order chi connectivity index (χ1) is 7.18. The molecule has 0 aliphatic heterocycles. The van der Waals surface area contributed by atoms with Gasteiger partial charge in [0.05, 0.1) is 6.26 Å². The maximum Gasteiger partial charge on any atom is 0.243 e. The molecule has 1 aromatic heterocycles. The zero-order valence-corrected chi connectivity index (χ0v) is 10.2. The van der Waals surface area contributed by atoms with E-state index in [0.29, 0.717) is 12.5 Å². The van der Waals surface area contributed by atoms with Gasteiger partial charge in [-0.05, 0) is 13.8 Å². The Balaban J connectivity index is 2.54. The molecule has 5 N–H and O–H groups in total.